The summed E-state index contributed by atoms with van der Waals surface area (Å²) < 4.78 is 0. The van der Waals surface area contributed by atoms with Gasteiger partial charge in [-0.2, -0.15) is 5.26 Å². The Morgan fingerprint density at radius 2 is 1.39 bits per heavy atom. The van der Waals surface area contributed by atoms with Gasteiger partial charge in [0.2, 0.25) is 0 Å². The van der Waals surface area contributed by atoms with Crippen molar-refractivity contribution in [1.82, 2.24) is 0 Å². The molecule has 18 heavy (non-hydrogen) atoms. The van der Waals surface area contributed by atoms with E-state index in [4.69, 9.17) is 5.26 Å². The minimum atomic E-state index is -0.632. The summed E-state index contributed by atoms with van der Waals surface area (Å²) in [6.45, 7) is 0. The molecule has 0 aliphatic rings. The first kappa shape index (κ1) is 12.3. The van der Waals surface area contributed by atoms with E-state index in [1.807, 2.05) is 60.7 Å². The third-order valence-electron chi connectivity index (χ3n) is 2.88. The average molecular weight is 242 g/mol. The van der Waals surface area contributed by atoms with E-state index in [0.29, 0.717) is 0 Å². The van der Waals surface area contributed by atoms with Crippen LogP contribution in [0.4, 0.5) is 0 Å². The van der Waals surface area contributed by atoms with Crippen molar-refractivity contribution in [2.45, 2.75) is 12.3 Å². The van der Waals surface area contributed by atoms with Crippen LogP contribution in [0.2, 0.25) is 0 Å². The monoisotopic (exact) mass is 242 g/mol. The zero-order chi connectivity index (χ0) is 12.8. The zero-order valence-corrected chi connectivity index (χ0v) is 9.82. The zero-order valence-electron chi connectivity index (χ0n) is 9.82. The topological polar surface area (TPSA) is 46.5 Å². The lowest BCUT2D eigenvalue weighted by Crippen LogP contribution is -2.10. The molecule has 0 amide bonds. The second-order valence-corrected chi connectivity index (χ2v) is 4.04. The van der Waals surface area contributed by atoms with Gasteiger partial charge < -0.3 is 4.89 Å². The van der Waals surface area contributed by atoms with Crippen LogP contribution in [0.15, 0.2) is 60.7 Å². The quantitative estimate of drug-likeness (QED) is 0.661. The van der Waals surface area contributed by atoms with E-state index >= 15 is 0 Å². The Bertz CT molecular complexity index is 454. The molecule has 92 valence electrons. The van der Waals surface area contributed by atoms with Crippen molar-refractivity contribution in [1.29, 1.82) is 0 Å². The fourth-order valence-corrected chi connectivity index (χ4v) is 2.00. The number of carbonyl (C=O) groups is 1. The first-order chi connectivity index (χ1) is 8.81. The van der Waals surface area contributed by atoms with Crippen molar-refractivity contribution >= 4 is 5.97 Å². The third-order valence-corrected chi connectivity index (χ3v) is 2.88. The van der Waals surface area contributed by atoms with Crippen LogP contribution >= 0.6 is 0 Å². The molecule has 0 saturated heterocycles. The second-order valence-electron chi connectivity index (χ2n) is 4.04. The molecule has 0 unspecified atom stereocenters. The summed E-state index contributed by atoms with van der Waals surface area (Å²) in [5.41, 5.74) is 2.04. The van der Waals surface area contributed by atoms with Gasteiger partial charge in [-0.15, -0.1) is 0 Å². The molecule has 0 spiro atoms. The van der Waals surface area contributed by atoms with Gasteiger partial charge in [0.05, 0.1) is 6.42 Å². The maximum atomic E-state index is 11.3. The molecule has 2 rings (SSSR count). The third kappa shape index (κ3) is 2.96. The Hall–Kier alpha value is -2.13. The van der Waals surface area contributed by atoms with Crippen LogP contribution in [0.5, 0.6) is 0 Å². The minimum Gasteiger partial charge on any atom is -0.301 e. The van der Waals surface area contributed by atoms with Gasteiger partial charge in [0.1, 0.15) is 0 Å². The van der Waals surface area contributed by atoms with Gasteiger partial charge in [-0.3, -0.25) is 0 Å². The highest BCUT2D eigenvalue weighted by atomic mass is 17.1. The van der Waals surface area contributed by atoms with Crippen molar-refractivity contribution in [3.8, 4) is 0 Å². The van der Waals surface area contributed by atoms with Gasteiger partial charge in [-0.1, -0.05) is 60.7 Å². The Morgan fingerprint density at radius 3 is 1.78 bits per heavy atom. The summed E-state index contributed by atoms with van der Waals surface area (Å²) in [6.07, 6.45) is 0.116. The second kappa shape index (κ2) is 5.98. The van der Waals surface area contributed by atoms with Crippen LogP contribution in [-0.4, -0.2) is 11.2 Å². The lowest BCUT2D eigenvalue weighted by Gasteiger charge is -2.16. The van der Waals surface area contributed by atoms with E-state index < -0.39 is 5.97 Å². The van der Waals surface area contributed by atoms with Crippen LogP contribution < -0.4 is 0 Å². The molecule has 0 bridgehead atoms. The summed E-state index contributed by atoms with van der Waals surface area (Å²) in [4.78, 5) is 15.1. The van der Waals surface area contributed by atoms with E-state index in [0.717, 1.165) is 11.1 Å². The Balaban J connectivity index is 2.32. The molecule has 3 heteroatoms. The minimum absolute atomic E-state index is 0.105. The van der Waals surface area contributed by atoms with Crippen molar-refractivity contribution in [3.63, 3.8) is 0 Å². The smallest absolute Gasteiger partial charge is 0.301 e. The van der Waals surface area contributed by atoms with Gasteiger partial charge in [-0.25, -0.2) is 4.79 Å². The summed E-state index contributed by atoms with van der Waals surface area (Å²) in [7, 11) is 0. The molecule has 0 aliphatic carbocycles. The molecule has 2 aromatic carbocycles. The van der Waals surface area contributed by atoms with E-state index in [-0.39, 0.29) is 12.3 Å². The van der Waals surface area contributed by atoms with Crippen molar-refractivity contribution in [2.75, 3.05) is 0 Å². The maximum absolute atomic E-state index is 11.3. The van der Waals surface area contributed by atoms with E-state index in [1.54, 1.807) is 0 Å². The molecule has 0 atom stereocenters. The van der Waals surface area contributed by atoms with Gasteiger partial charge in [0, 0.05) is 5.92 Å². The lowest BCUT2D eigenvalue weighted by molar-refractivity contribution is -0.234. The predicted molar refractivity (Wildman–Crippen MR) is 68.1 cm³/mol. The Morgan fingerprint density at radius 1 is 0.944 bits per heavy atom. The van der Waals surface area contributed by atoms with Crippen LogP contribution in [0.25, 0.3) is 0 Å². The molecule has 0 aromatic heterocycles. The number of benzene rings is 2. The van der Waals surface area contributed by atoms with E-state index in [2.05, 4.69) is 4.89 Å². The summed E-state index contributed by atoms with van der Waals surface area (Å²) in [5, 5.41) is 8.43. The first-order valence-electron chi connectivity index (χ1n) is 5.75. The number of carbonyl (C=O) groups excluding carboxylic acids is 1. The molecule has 3 nitrogen and oxygen atoms in total. The molecule has 0 heterocycles. The number of hydrogen-bond acceptors (Lipinski definition) is 3. The molecule has 0 fully saturated rings. The molecule has 0 radical (unpaired) electrons. The van der Waals surface area contributed by atoms with Gasteiger partial charge in [0.15, 0.2) is 0 Å². The Kier molecular flexibility index (Phi) is 4.10. The molecular formula is C15H14O3. The highest BCUT2D eigenvalue weighted by Crippen LogP contribution is 2.27. The van der Waals surface area contributed by atoms with Crippen molar-refractivity contribution in [2.24, 2.45) is 0 Å². The van der Waals surface area contributed by atoms with E-state index in [9.17, 15) is 4.79 Å². The summed E-state index contributed by atoms with van der Waals surface area (Å²) in [5.74, 6) is -0.736. The summed E-state index contributed by atoms with van der Waals surface area (Å²) in [6, 6.07) is 19.4. The lowest BCUT2D eigenvalue weighted by atomic mass is 9.89. The van der Waals surface area contributed by atoms with Crippen LogP contribution in [0, 0.1) is 0 Å². The van der Waals surface area contributed by atoms with Crippen LogP contribution in [0.1, 0.15) is 23.5 Å². The predicted octanol–water partition coefficient (Wildman–Crippen LogP) is 3.22. The van der Waals surface area contributed by atoms with Gasteiger partial charge >= 0.3 is 5.97 Å². The highest BCUT2D eigenvalue weighted by molar-refractivity contribution is 5.70. The maximum Gasteiger partial charge on any atom is 0.343 e. The Labute approximate surface area is 106 Å². The largest absolute Gasteiger partial charge is 0.343 e. The fraction of sp³-hybridized carbons (Fsp3) is 0.133. The van der Waals surface area contributed by atoms with Crippen LogP contribution in [0.3, 0.4) is 0 Å². The van der Waals surface area contributed by atoms with Crippen LogP contribution in [-0.2, 0) is 9.68 Å². The van der Waals surface area contributed by atoms with Crippen molar-refractivity contribution < 1.29 is 14.9 Å². The average Bonchev–Trinajstić information content (AvgIpc) is 2.46. The van der Waals surface area contributed by atoms with Gasteiger partial charge in [0.25, 0.3) is 0 Å². The standard InChI is InChI=1S/C15H14O3/c16-15(18-17)11-14(12-7-3-1-4-8-12)13-9-5-2-6-10-13/h1-10,14,17H,11H2. The normalized spacial score (nSPS) is 10.3. The molecule has 0 aliphatic heterocycles. The summed E-state index contributed by atoms with van der Waals surface area (Å²) >= 11 is 0. The van der Waals surface area contributed by atoms with Gasteiger partial charge in [-0.05, 0) is 11.1 Å². The number of hydrogen-bond donors (Lipinski definition) is 1. The highest BCUT2D eigenvalue weighted by Gasteiger charge is 2.18. The van der Waals surface area contributed by atoms with Crippen molar-refractivity contribution in [3.05, 3.63) is 71.8 Å². The molecule has 1 N–H and O–H groups in total. The molecule has 2 aromatic rings. The SMILES string of the molecule is O=C(CC(c1ccccc1)c1ccccc1)OO. The molecular weight excluding hydrogens is 228 g/mol. The number of rotatable bonds is 4. The van der Waals surface area contributed by atoms with E-state index in [1.165, 1.54) is 0 Å². The fourth-order valence-electron chi connectivity index (χ4n) is 2.00. The molecule has 0 saturated carbocycles. The first-order valence-corrected chi connectivity index (χ1v) is 5.75.